The molecule has 2 fully saturated rings. The van der Waals surface area contributed by atoms with Gasteiger partial charge in [-0.15, -0.1) is 0 Å². The third-order valence-electron chi connectivity index (χ3n) is 6.30. The standard InChI is InChI=1S/C21H25N3O3/c1-21-12-16(14-6-3-2-4-7-14)24(20(27)15-10-11-22-13-23-15)18(21)9-5-8-17(25)19(21)26/h2-4,6-7,10-11,13,16-19,25-26H,5,8-9,12H2,1H3/t16-,17-,18-,19-,21-/m1/s1. The molecule has 1 aromatic heterocycles. The van der Waals surface area contributed by atoms with Crippen molar-refractivity contribution in [1.29, 1.82) is 0 Å². The molecular formula is C21H25N3O3. The molecule has 1 aromatic carbocycles. The second-order valence-corrected chi connectivity index (χ2v) is 7.90. The highest BCUT2D eigenvalue weighted by atomic mass is 16.3. The summed E-state index contributed by atoms with van der Waals surface area (Å²) in [7, 11) is 0. The molecule has 2 N–H and O–H groups in total. The van der Waals surface area contributed by atoms with E-state index >= 15 is 0 Å². The average Bonchev–Trinajstić information content (AvgIpc) is 2.96. The fourth-order valence-corrected chi connectivity index (χ4v) is 4.88. The van der Waals surface area contributed by atoms with Gasteiger partial charge >= 0.3 is 0 Å². The van der Waals surface area contributed by atoms with E-state index in [1.54, 1.807) is 12.3 Å². The maximum Gasteiger partial charge on any atom is 0.273 e. The summed E-state index contributed by atoms with van der Waals surface area (Å²) in [6.45, 7) is 2.00. The van der Waals surface area contributed by atoms with Gasteiger partial charge in [-0.3, -0.25) is 4.79 Å². The third-order valence-corrected chi connectivity index (χ3v) is 6.30. The minimum Gasteiger partial charge on any atom is -0.390 e. The van der Waals surface area contributed by atoms with Gasteiger partial charge in [-0.2, -0.15) is 0 Å². The molecule has 2 aromatic rings. The first kappa shape index (κ1) is 18.1. The highest BCUT2D eigenvalue weighted by Crippen LogP contribution is 2.53. The number of carbonyl (C=O) groups excluding carboxylic acids is 1. The fourth-order valence-electron chi connectivity index (χ4n) is 4.88. The smallest absolute Gasteiger partial charge is 0.273 e. The summed E-state index contributed by atoms with van der Waals surface area (Å²) >= 11 is 0. The maximum atomic E-state index is 13.4. The molecule has 0 unspecified atom stereocenters. The Hall–Kier alpha value is -2.31. The summed E-state index contributed by atoms with van der Waals surface area (Å²) < 4.78 is 0. The number of aromatic nitrogens is 2. The molecule has 1 saturated carbocycles. The molecule has 6 nitrogen and oxygen atoms in total. The van der Waals surface area contributed by atoms with Gasteiger partial charge in [0.1, 0.15) is 12.0 Å². The number of aliphatic hydroxyl groups is 2. The molecule has 1 aliphatic heterocycles. The van der Waals surface area contributed by atoms with E-state index in [1.165, 1.54) is 6.33 Å². The van der Waals surface area contributed by atoms with Crippen molar-refractivity contribution in [2.24, 2.45) is 5.41 Å². The molecule has 27 heavy (non-hydrogen) atoms. The lowest BCUT2D eigenvalue weighted by atomic mass is 9.74. The first-order valence-electron chi connectivity index (χ1n) is 9.52. The van der Waals surface area contributed by atoms with Crippen molar-refractivity contribution in [2.45, 2.75) is 56.9 Å². The molecule has 4 rings (SSSR count). The molecule has 0 radical (unpaired) electrons. The van der Waals surface area contributed by atoms with Crippen LogP contribution in [0, 0.1) is 5.41 Å². The first-order chi connectivity index (χ1) is 13.0. The van der Waals surface area contributed by atoms with Gasteiger partial charge in [0.05, 0.1) is 18.2 Å². The second-order valence-electron chi connectivity index (χ2n) is 7.90. The molecule has 0 spiro atoms. The largest absolute Gasteiger partial charge is 0.390 e. The van der Waals surface area contributed by atoms with E-state index in [0.717, 1.165) is 18.4 Å². The van der Waals surface area contributed by atoms with Crippen molar-refractivity contribution < 1.29 is 15.0 Å². The summed E-state index contributed by atoms with van der Waals surface area (Å²) in [6, 6.07) is 11.2. The SMILES string of the molecule is C[C@@]12C[C@H](c3ccccc3)N(C(=O)c3ccncn3)[C@@H]1CCC[C@@H](O)[C@H]2O. The number of rotatable bonds is 2. The highest BCUT2D eigenvalue weighted by Gasteiger charge is 2.57. The van der Waals surface area contributed by atoms with Crippen LogP contribution in [0.5, 0.6) is 0 Å². The van der Waals surface area contributed by atoms with Crippen molar-refractivity contribution in [2.75, 3.05) is 0 Å². The van der Waals surface area contributed by atoms with Crippen molar-refractivity contribution in [3.05, 3.63) is 60.2 Å². The minimum absolute atomic E-state index is 0.149. The van der Waals surface area contributed by atoms with Crippen LogP contribution in [0.3, 0.4) is 0 Å². The van der Waals surface area contributed by atoms with Gasteiger partial charge in [0.25, 0.3) is 5.91 Å². The predicted molar refractivity (Wildman–Crippen MR) is 99.8 cm³/mol. The number of aliphatic hydroxyl groups excluding tert-OH is 2. The summed E-state index contributed by atoms with van der Waals surface area (Å²) in [5.74, 6) is -0.149. The zero-order chi connectivity index (χ0) is 19.0. The first-order valence-corrected chi connectivity index (χ1v) is 9.52. The van der Waals surface area contributed by atoms with Gasteiger partial charge in [-0.1, -0.05) is 37.3 Å². The van der Waals surface area contributed by atoms with Crippen molar-refractivity contribution >= 4 is 5.91 Å². The van der Waals surface area contributed by atoms with Crippen molar-refractivity contribution in [1.82, 2.24) is 14.9 Å². The molecule has 1 aliphatic carbocycles. The molecule has 2 heterocycles. The van der Waals surface area contributed by atoms with Crippen molar-refractivity contribution in [3.63, 3.8) is 0 Å². The molecule has 1 saturated heterocycles. The maximum absolute atomic E-state index is 13.4. The molecular weight excluding hydrogens is 342 g/mol. The van der Waals surface area contributed by atoms with Crippen LogP contribution in [0.25, 0.3) is 0 Å². The van der Waals surface area contributed by atoms with Crippen LogP contribution in [0.1, 0.15) is 54.7 Å². The third kappa shape index (κ3) is 3.03. The van der Waals surface area contributed by atoms with E-state index in [0.29, 0.717) is 18.5 Å². The molecule has 6 heteroatoms. The van der Waals surface area contributed by atoms with Gasteiger partial charge in [-0.25, -0.2) is 9.97 Å². The molecule has 0 bridgehead atoms. The van der Waals surface area contributed by atoms with E-state index in [9.17, 15) is 15.0 Å². The highest BCUT2D eigenvalue weighted by molar-refractivity contribution is 5.93. The lowest BCUT2D eigenvalue weighted by Gasteiger charge is -2.38. The van der Waals surface area contributed by atoms with E-state index in [1.807, 2.05) is 42.2 Å². The molecule has 142 valence electrons. The normalized spacial score (nSPS) is 33.4. The van der Waals surface area contributed by atoms with Crippen LogP contribution in [-0.2, 0) is 0 Å². The Morgan fingerprint density at radius 1 is 1.19 bits per heavy atom. The Morgan fingerprint density at radius 2 is 1.96 bits per heavy atom. The van der Waals surface area contributed by atoms with E-state index in [4.69, 9.17) is 0 Å². The average molecular weight is 367 g/mol. The number of benzene rings is 1. The monoisotopic (exact) mass is 367 g/mol. The molecule has 5 atom stereocenters. The van der Waals surface area contributed by atoms with Crippen LogP contribution >= 0.6 is 0 Å². The lowest BCUT2D eigenvalue weighted by molar-refractivity contribution is -0.0613. The minimum atomic E-state index is -0.862. The Kier molecular flexibility index (Phi) is 4.70. The van der Waals surface area contributed by atoms with Crippen LogP contribution in [-0.4, -0.2) is 49.2 Å². The zero-order valence-electron chi connectivity index (χ0n) is 15.4. The summed E-state index contributed by atoms with van der Waals surface area (Å²) in [5, 5.41) is 21.3. The van der Waals surface area contributed by atoms with Gasteiger partial charge in [0.15, 0.2) is 0 Å². The number of hydrogen-bond donors (Lipinski definition) is 2. The Bertz CT molecular complexity index is 801. The van der Waals surface area contributed by atoms with Crippen molar-refractivity contribution in [3.8, 4) is 0 Å². The summed E-state index contributed by atoms with van der Waals surface area (Å²) in [4.78, 5) is 23.4. The number of fused-ring (bicyclic) bond motifs is 1. The van der Waals surface area contributed by atoms with Crippen LogP contribution < -0.4 is 0 Å². The van der Waals surface area contributed by atoms with E-state index in [2.05, 4.69) is 9.97 Å². The van der Waals surface area contributed by atoms with Gasteiger partial charge < -0.3 is 15.1 Å². The van der Waals surface area contributed by atoms with E-state index < -0.39 is 17.6 Å². The lowest BCUT2D eigenvalue weighted by Crippen LogP contribution is -2.49. The molecule has 1 amide bonds. The number of carbonyl (C=O) groups is 1. The second kappa shape index (κ2) is 7.02. The summed E-state index contributed by atoms with van der Waals surface area (Å²) in [6.07, 6.45) is 4.02. The topological polar surface area (TPSA) is 86.6 Å². The Labute approximate surface area is 158 Å². The summed E-state index contributed by atoms with van der Waals surface area (Å²) in [5.41, 5.74) is 0.824. The van der Waals surface area contributed by atoms with Crippen LogP contribution in [0.2, 0.25) is 0 Å². The number of amides is 1. The van der Waals surface area contributed by atoms with Crippen LogP contribution in [0.15, 0.2) is 48.9 Å². The number of nitrogens with zero attached hydrogens (tertiary/aromatic N) is 3. The zero-order valence-corrected chi connectivity index (χ0v) is 15.4. The Morgan fingerprint density at radius 3 is 2.67 bits per heavy atom. The predicted octanol–water partition coefficient (Wildman–Crippen LogP) is 2.34. The quantitative estimate of drug-likeness (QED) is 0.851. The number of hydrogen-bond acceptors (Lipinski definition) is 5. The van der Waals surface area contributed by atoms with E-state index in [-0.39, 0.29) is 18.0 Å². The van der Waals surface area contributed by atoms with Gasteiger partial charge in [0.2, 0.25) is 0 Å². The Balaban J connectivity index is 1.79. The molecule has 2 aliphatic rings. The fraction of sp³-hybridized carbons (Fsp3) is 0.476. The number of likely N-dealkylation sites (tertiary alicyclic amines) is 1. The van der Waals surface area contributed by atoms with Gasteiger partial charge in [-0.05, 0) is 37.3 Å². The van der Waals surface area contributed by atoms with Gasteiger partial charge in [0, 0.05) is 17.7 Å². The van der Waals surface area contributed by atoms with Crippen LogP contribution in [0.4, 0.5) is 0 Å².